The number of rotatable bonds is 5. The van der Waals surface area contributed by atoms with Crippen LogP contribution in [0.1, 0.15) is 22.5 Å². The first-order chi connectivity index (χ1) is 9.54. The van der Waals surface area contributed by atoms with Crippen molar-refractivity contribution >= 4 is 34.0 Å². The van der Waals surface area contributed by atoms with E-state index in [0.29, 0.717) is 17.2 Å². The predicted molar refractivity (Wildman–Crippen MR) is 76.9 cm³/mol. The zero-order chi connectivity index (χ0) is 14.5. The van der Waals surface area contributed by atoms with Gasteiger partial charge in [0.25, 0.3) is 5.91 Å². The average Bonchev–Trinajstić information content (AvgIpc) is 2.84. The van der Waals surface area contributed by atoms with E-state index >= 15 is 0 Å². The second-order valence-corrected chi connectivity index (χ2v) is 5.01. The third-order valence-corrected chi connectivity index (χ3v) is 3.24. The number of nitrogen functional groups attached to an aromatic ring is 1. The first-order valence-electron chi connectivity index (χ1n) is 5.87. The molecule has 7 heteroatoms. The van der Waals surface area contributed by atoms with Crippen molar-refractivity contribution in [3.8, 4) is 0 Å². The lowest BCUT2D eigenvalue weighted by atomic mass is 10.1. The van der Waals surface area contributed by atoms with Gasteiger partial charge in [0.2, 0.25) is 0 Å². The molecule has 0 saturated heterocycles. The van der Waals surface area contributed by atoms with Crippen LogP contribution in [-0.4, -0.2) is 22.0 Å². The summed E-state index contributed by atoms with van der Waals surface area (Å²) >= 11 is 1.20. The summed E-state index contributed by atoms with van der Waals surface area (Å²) in [5.41, 5.74) is 7.19. The van der Waals surface area contributed by atoms with E-state index in [2.05, 4.69) is 10.3 Å². The maximum atomic E-state index is 11.9. The standard InChI is InChI=1S/C13H13N3O3S/c14-13-16-10(7-20-13)12(19)15-9-3-1-2-8(6-9)4-5-11(17)18/h1-3,6-7H,4-5H2,(H2,14,16)(H,15,19)(H,17,18). The Morgan fingerprint density at radius 3 is 2.85 bits per heavy atom. The van der Waals surface area contributed by atoms with E-state index < -0.39 is 5.97 Å². The smallest absolute Gasteiger partial charge is 0.303 e. The fourth-order valence-corrected chi connectivity index (χ4v) is 2.19. The lowest BCUT2D eigenvalue weighted by Gasteiger charge is -2.05. The number of anilines is 2. The Morgan fingerprint density at radius 2 is 2.20 bits per heavy atom. The Hall–Kier alpha value is -2.41. The third kappa shape index (κ3) is 3.79. The topological polar surface area (TPSA) is 105 Å². The Kier molecular flexibility index (Phi) is 4.31. The number of nitrogens with zero attached hydrogens (tertiary/aromatic N) is 1. The fraction of sp³-hybridized carbons (Fsp3) is 0.154. The number of carboxylic acids is 1. The van der Waals surface area contributed by atoms with Crippen LogP contribution in [0.3, 0.4) is 0 Å². The molecule has 6 nitrogen and oxygen atoms in total. The highest BCUT2D eigenvalue weighted by Gasteiger charge is 2.10. The number of aliphatic carboxylic acids is 1. The molecule has 0 fully saturated rings. The van der Waals surface area contributed by atoms with Gasteiger partial charge in [0.15, 0.2) is 5.13 Å². The molecule has 20 heavy (non-hydrogen) atoms. The lowest BCUT2D eigenvalue weighted by Crippen LogP contribution is -2.12. The molecular weight excluding hydrogens is 278 g/mol. The van der Waals surface area contributed by atoms with E-state index in [-0.39, 0.29) is 18.0 Å². The molecule has 0 radical (unpaired) electrons. The number of carbonyl (C=O) groups excluding carboxylic acids is 1. The minimum absolute atomic E-state index is 0.0556. The Morgan fingerprint density at radius 1 is 1.40 bits per heavy atom. The van der Waals surface area contributed by atoms with Crippen molar-refractivity contribution in [1.29, 1.82) is 0 Å². The quantitative estimate of drug-likeness (QED) is 0.781. The molecule has 0 aliphatic heterocycles. The van der Waals surface area contributed by atoms with Gasteiger partial charge in [0, 0.05) is 17.5 Å². The first-order valence-corrected chi connectivity index (χ1v) is 6.75. The van der Waals surface area contributed by atoms with Gasteiger partial charge in [-0.05, 0) is 24.1 Å². The molecule has 4 N–H and O–H groups in total. The van der Waals surface area contributed by atoms with Crippen LogP contribution in [-0.2, 0) is 11.2 Å². The maximum absolute atomic E-state index is 11.9. The number of hydrogen-bond donors (Lipinski definition) is 3. The highest BCUT2D eigenvalue weighted by Crippen LogP contribution is 2.15. The van der Waals surface area contributed by atoms with Gasteiger partial charge in [-0.2, -0.15) is 0 Å². The van der Waals surface area contributed by atoms with Gasteiger partial charge in [-0.25, -0.2) is 4.98 Å². The number of aryl methyl sites for hydroxylation is 1. The highest BCUT2D eigenvalue weighted by molar-refractivity contribution is 7.13. The summed E-state index contributed by atoms with van der Waals surface area (Å²) < 4.78 is 0. The van der Waals surface area contributed by atoms with Crippen molar-refractivity contribution in [2.24, 2.45) is 0 Å². The van der Waals surface area contributed by atoms with Crippen LogP contribution in [0.2, 0.25) is 0 Å². The maximum Gasteiger partial charge on any atom is 0.303 e. The highest BCUT2D eigenvalue weighted by atomic mass is 32.1. The van der Waals surface area contributed by atoms with Crippen LogP contribution in [0.25, 0.3) is 0 Å². The van der Waals surface area contributed by atoms with Crippen LogP contribution in [0.4, 0.5) is 10.8 Å². The lowest BCUT2D eigenvalue weighted by molar-refractivity contribution is -0.136. The summed E-state index contributed by atoms with van der Waals surface area (Å²) in [6, 6.07) is 7.07. The molecule has 0 aliphatic rings. The second kappa shape index (κ2) is 6.16. The van der Waals surface area contributed by atoms with E-state index in [9.17, 15) is 9.59 Å². The Labute approximate surface area is 119 Å². The van der Waals surface area contributed by atoms with E-state index in [0.717, 1.165) is 5.56 Å². The summed E-state index contributed by atoms with van der Waals surface area (Å²) in [4.78, 5) is 26.3. The molecular formula is C13H13N3O3S. The number of nitrogens with two attached hydrogens (primary N) is 1. The van der Waals surface area contributed by atoms with Gasteiger partial charge in [-0.15, -0.1) is 11.3 Å². The summed E-state index contributed by atoms with van der Waals surface area (Å²) in [6.45, 7) is 0. The summed E-state index contributed by atoms with van der Waals surface area (Å²) in [5, 5.41) is 13.3. The van der Waals surface area contributed by atoms with Gasteiger partial charge < -0.3 is 16.2 Å². The largest absolute Gasteiger partial charge is 0.481 e. The van der Waals surface area contributed by atoms with Crippen molar-refractivity contribution in [2.75, 3.05) is 11.1 Å². The van der Waals surface area contributed by atoms with Crippen LogP contribution in [0.15, 0.2) is 29.6 Å². The molecule has 0 unspecified atom stereocenters. The molecule has 1 heterocycles. The number of aromatic nitrogens is 1. The van der Waals surface area contributed by atoms with Crippen molar-refractivity contribution < 1.29 is 14.7 Å². The molecule has 1 amide bonds. The summed E-state index contributed by atoms with van der Waals surface area (Å²) in [7, 11) is 0. The number of hydrogen-bond acceptors (Lipinski definition) is 5. The van der Waals surface area contributed by atoms with Crippen molar-refractivity contribution in [3.05, 3.63) is 40.9 Å². The van der Waals surface area contributed by atoms with Gasteiger partial charge in [-0.1, -0.05) is 12.1 Å². The summed E-state index contributed by atoms with van der Waals surface area (Å²) in [5.74, 6) is -1.19. The monoisotopic (exact) mass is 291 g/mol. The van der Waals surface area contributed by atoms with Crippen molar-refractivity contribution in [2.45, 2.75) is 12.8 Å². The zero-order valence-corrected chi connectivity index (χ0v) is 11.3. The minimum atomic E-state index is -0.850. The van der Waals surface area contributed by atoms with Crippen LogP contribution < -0.4 is 11.1 Å². The average molecular weight is 291 g/mol. The van der Waals surface area contributed by atoms with E-state index in [1.807, 2.05) is 6.07 Å². The first kappa shape index (κ1) is 14.0. The Bertz CT molecular complexity index is 639. The molecule has 0 spiro atoms. The number of amides is 1. The second-order valence-electron chi connectivity index (χ2n) is 4.12. The fourth-order valence-electron chi connectivity index (χ4n) is 1.64. The minimum Gasteiger partial charge on any atom is -0.481 e. The molecule has 2 rings (SSSR count). The zero-order valence-electron chi connectivity index (χ0n) is 10.5. The number of nitrogens with one attached hydrogen (secondary N) is 1. The SMILES string of the molecule is Nc1nc(C(=O)Nc2cccc(CCC(=O)O)c2)cs1. The van der Waals surface area contributed by atoms with Gasteiger partial charge in [0.1, 0.15) is 5.69 Å². The number of carbonyl (C=O) groups is 2. The predicted octanol–water partition coefficient (Wildman–Crippen LogP) is 1.99. The van der Waals surface area contributed by atoms with Crippen LogP contribution in [0, 0.1) is 0 Å². The van der Waals surface area contributed by atoms with Gasteiger partial charge >= 0.3 is 5.97 Å². The number of benzene rings is 1. The van der Waals surface area contributed by atoms with E-state index in [1.165, 1.54) is 11.3 Å². The van der Waals surface area contributed by atoms with E-state index in [4.69, 9.17) is 10.8 Å². The molecule has 0 bridgehead atoms. The number of carboxylic acid groups (broad SMARTS) is 1. The number of thiazole rings is 1. The molecule has 0 saturated carbocycles. The molecule has 104 valence electrons. The van der Waals surface area contributed by atoms with E-state index in [1.54, 1.807) is 23.6 Å². The molecule has 0 aliphatic carbocycles. The third-order valence-electron chi connectivity index (χ3n) is 2.57. The van der Waals surface area contributed by atoms with Crippen molar-refractivity contribution in [1.82, 2.24) is 4.98 Å². The normalized spacial score (nSPS) is 10.2. The van der Waals surface area contributed by atoms with Crippen LogP contribution in [0.5, 0.6) is 0 Å². The summed E-state index contributed by atoms with van der Waals surface area (Å²) in [6.07, 6.45) is 0.475. The van der Waals surface area contributed by atoms with Crippen molar-refractivity contribution in [3.63, 3.8) is 0 Å². The molecule has 1 aromatic heterocycles. The Balaban J connectivity index is 2.04. The molecule has 1 aromatic carbocycles. The van der Waals surface area contributed by atoms with Gasteiger partial charge in [0.05, 0.1) is 0 Å². The molecule has 0 atom stereocenters. The molecule has 2 aromatic rings. The van der Waals surface area contributed by atoms with Gasteiger partial charge in [-0.3, -0.25) is 9.59 Å². The van der Waals surface area contributed by atoms with Crippen LogP contribution >= 0.6 is 11.3 Å².